The Hall–Kier alpha value is -1.36. The third-order valence-corrected chi connectivity index (χ3v) is 4.63. The normalized spacial score (nSPS) is 24.3. The van der Waals surface area contributed by atoms with Gasteiger partial charge in [0.05, 0.1) is 13.1 Å². The molecule has 2 amide bonds. The molecule has 0 aromatic carbocycles. The number of hydrogen-bond donors (Lipinski definition) is 1. The summed E-state index contributed by atoms with van der Waals surface area (Å²) in [7, 11) is 0. The van der Waals surface area contributed by atoms with E-state index in [0.717, 1.165) is 12.8 Å². The molecular formula is C13H16N2O2S. The fraction of sp³-hybridized carbons (Fsp3) is 0.538. The second-order valence-electron chi connectivity index (χ2n) is 5.10. The maximum absolute atomic E-state index is 12.3. The van der Waals surface area contributed by atoms with E-state index in [2.05, 4.69) is 5.32 Å². The van der Waals surface area contributed by atoms with Gasteiger partial charge in [0, 0.05) is 4.88 Å². The van der Waals surface area contributed by atoms with Gasteiger partial charge in [-0.3, -0.25) is 9.59 Å². The Morgan fingerprint density at radius 1 is 1.44 bits per heavy atom. The average molecular weight is 264 g/mol. The van der Waals surface area contributed by atoms with Gasteiger partial charge in [-0.15, -0.1) is 11.3 Å². The molecule has 5 heteroatoms. The largest absolute Gasteiger partial charge is 0.342 e. The predicted molar refractivity (Wildman–Crippen MR) is 69.1 cm³/mol. The lowest BCUT2D eigenvalue weighted by molar-refractivity contribution is -0.145. The summed E-state index contributed by atoms with van der Waals surface area (Å²) in [5, 5.41) is 4.85. The second-order valence-corrected chi connectivity index (χ2v) is 6.10. The van der Waals surface area contributed by atoms with Gasteiger partial charge in [0.2, 0.25) is 11.8 Å². The molecule has 96 valence electrons. The molecule has 1 aromatic rings. The van der Waals surface area contributed by atoms with E-state index in [1.165, 1.54) is 10.4 Å². The maximum atomic E-state index is 12.3. The van der Waals surface area contributed by atoms with Crippen LogP contribution in [0.1, 0.15) is 23.3 Å². The Balaban J connectivity index is 1.76. The van der Waals surface area contributed by atoms with Crippen molar-refractivity contribution in [3.05, 3.63) is 21.9 Å². The van der Waals surface area contributed by atoms with Crippen LogP contribution in [0.5, 0.6) is 0 Å². The first-order valence-electron chi connectivity index (χ1n) is 6.26. The van der Waals surface area contributed by atoms with Gasteiger partial charge in [0.15, 0.2) is 0 Å². The summed E-state index contributed by atoms with van der Waals surface area (Å²) in [5.41, 5.74) is 1.20. The zero-order valence-corrected chi connectivity index (χ0v) is 11.1. The van der Waals surface area contributed by atoms with E-state index in [1.807, 2.05) is 18.4 Å². The Morgan fingerprint density at radius 2 is 2.22 bits per heavy atom. The van der Waals surface area contributed by atoms with Crippen molar-refractivity contribution in [2.75, 3.05) is 6.54 Å². The molecule has 1 aliphatic carbocycles. The van der Waals surface area contributed by atoms with Gasteiger partial charge in [-0.25, -0.2) is 0 Å². The van der Waals surface area contributed by atoms with E-state index in [9.17, 15) is 9.59 Å². The van der Waals surface area contributed by atoms with Crippen LogP contribution in [0.2, 0.25) is 0 Å². The molecule has 1 aliphatic heterocycles. The van der Waals surface area contributed by atoms with Crippen LogP contribution in [0.4, 0.5) is 0 Å². The molecule has 1 N–H and O–H groups in total. The Kier molecular flexibility index (Phi) is 2.86. The molecule has 1 saturated carbocycles. The minimum Gasteiger partial charge on any atom is -0.342 e. The molecule has 1 aromatic heterocycles. The number of hydrogen-bond acceptors (Lipinski definition) is 3. The van der Waals surface area contributed by atoms with E-state index < -0.39 is 0 Å². The lowest BCUT2D eigenvalue weighted by Crippen LogP contribution is -2.58. The Labute approximate surface area is 110 Å². The van der Waals surface area contributed by atoms with Crippen molar-refractivity contribution in [1.29, 1.82) is 0 Å². The van der Waals surface area contributed by atoms with Crippen LogP contribution in [0.3, 0.4) is 0 Å². The third-order valence-electron chi connectivity index (χ3n) is 3.62. The van der Waals surface area contributed by atoms with Gasteiger partial charge in [0.1, 0.15) is 6.04 Å². The number of piperazine rings is 1. The molecule has 3 rings (SSSR count). The molecule has 2 aliphatic rings. The van der Waals surface area contributed by atoms with Crippen molar-refractivity contribution in [2.45, 2.75) is 32.4 Å². The monoisotopic (exact) mass is 264 g/mol. The molecule has 1 atom stereocenters. The van der Waals surface area contributed by atoms with Gasteiger partial charge in [-0.05, 0) is 42.7 Å². The molecule has 0 spiro atoms. The van der Waals surface area contributed by atoms with Crippen LogP contribution in [0, 0.1) is 12.8 Å². The van der Waals surface area contributed by atoms with E-state index in [4.69, 9.17) is 0 Å². The highest BCUT2D eigenvalue weighted by atomic mass is 32.1. The third kappa shape index (κ3) is 2.14. The van der Waals surface area contributed by atoms with Crippen molar-refractivity contribution < 1.29 is 9.59 Å². The smallest absolute Gasteiger partial charge is 0.246 e. The predicted octanol–water partition coefficient (Wildman–Crippen LogP) is 1.29. The lowest BCUT2D eigenvalue weighted by Gasteiger charge is -2.32. The van der Waals surface area contributed by atoms with Gasteiger partial charge in [-0.2, -0.15) is 0 Å². The number of amides is 2. The fourth-order valence-corrected chi connectivity index (χ4v) is 3.27. The number of nitrogens with zero attached hydrogens (tertiary/aromatic N) is 1. The van der Waals surface area contributed by atoms with Crippen LogP contribution in [0.15, 0.2) is 11.4 Å². The topological polar surface area (TPSA) is 49.4 Å². The fourth-order valence-electron chi connectivity index (χ4n) is 2.35. The molecule has 2 fully saturated rings. The molecule has 0 bridgehead atoms. The van der Waals surface area contributed by atoms with E-state index >= 15 is 0 Å². The van der Waals surface area contributed by atoms with Crippen LogP contribution < -0.4 is 5.32 Å². The molecule has 18 heavy (non-hydrogen) atoms. The van der Waals surface area contributed by atoms with Crippen molar-refractivity contribution >= 4 is 23.2 Å². The van der Waals surface area contributed by atoms with Crippen LogP contribution in [-0.4, -0.2) is 29.3 Å². The summed E-state index contributed by atoms with van der Waals surface area (Å²) in [4.78, 5) is 26.8. The van der Waals surface area contributed by atoms with Crippen molar-refractivity contribution in [2.24, 2.45) is 5.92 Å². The lowest BCUT2D eigenvalue weighted by atomic mass is 10.1. The van der Waals surface area contributed by atoms with Gasteiger partial charge in [-0.1, -0.05) is 0 Å². The van der Waals surface area contributed by atoms with Gasteiger partial charge < -0.3 is 10.2 Å². The number of rotatable bonds is 3. The quantitative estimate of drug-likeness (QED) is 0.894. The number of nitrogens with one attached hydrogen (secondary N) is 1. The zero-order chi connectivity index (χ0) is 12.7. The summed E-state index contributed by atoms with van der Waals surface area (Å²) in [6.07, 6.45) is 2.12. The minimum absolute atomic E-state index is 0.0271. The number of carbonyl (C=O) groups excluding carboxylic acids is 2. The first kappa shape index (κ1) is 11.7. The SMILES string of the molecule is Cc1ccsc1CN1CC(=O)NC(C2CC2)C1=O. The van der Waals surface area contributed by atoms with E-state index in [-0.39, 0.29) is 24.4 Å². The Bertz CT molecular complexity index is 493. The second kappa shape index (κ2) is 4.39. The molecular weight excluding hydrogens is 248 g/mol. The summed E-state index contributed by atoms with van der Waals surface area (Å²) in [6, 6.07) is 1.78. The van der Waals surface area contributed by atoms with E-state index in [0.29, 0.717) is 12.5 Å². The molecule has 1 unspecified atom stereocenters. The summed E-state index contributed by atoms with van der Waals surface area (Å²) in [5.74, 6) is 0.430. The molecule has 0 radical (unpaired) electrons. The molecule has 1 saturated heterocycles. The highest BCUT2D eigenvalue weighted by molar-refractivity contribution is 7.10. The van der Waals surface area contributed by atoms with Crippen LogP contribution in [-0.2, 0) is 16.1 Å². The highest BCUT2D eigenvalue weighted by Crippen LogP contribution is 2.34. The molecule has 4 nitrogen and oxygen atoms in total. The average Bonchev–Trinajstić information content (AvgIpc) is 3.09. The number of carbonyl (C=O) groups is 2. The summed E-state index contributed by atoms with van der Waals surface area (Å²) < 4.78 is 0. The standard InChI is InChI=1S/C13H16N2O2S/c1-8-4-5-18-10(8)6-15-7-11(16)14-12(13(15)17)9-2-3-9/h4-5,9,12H,2-3,6-7H2,1H3,(H,14,16). The maximum Gasteiger partial charge on any atom is 0.246 e. The Morgan fingerprint density at radius 3 is 2.83 bits per heavy atom. The van der Waals surface area contributed by atoms with Crippen LogP contribution in [0.25, 0.3) is 0 Å². The summed E-state index contributed by atoms with van der Waals surface area (Å²) >= 11 is 1.65. The van der Waals surface area contributed by atoms with E-state index in [1.54, 1.807) is 16.2 Å². The molecule has 2 heterocycles. The minimum atomic E-state index is -0.272. The van der Waals surface area contributed by atoms with Gasteiger partial charge in [0.25, 0.3) is 0 Å². The summed E-state index contributed by atoms with van der Waals surface area (Å²) in [6.45, 7) is 2.80. The zero-order valence-electron chi connectivity index (χ0n) is 10.3. The van der Waals surface area contributed by atoms with Crippen molar-refractivity contribution in [3.63, 3.8) is 0 Å². The van der Waals surface area contributed by atoms with Crippen molar-refractivity contribution in [3.8, 4) is 0 Å². The van der Waals surface area contributed by atoms with Gasteiger partial charge >= 0.3 is 0 Å². The van der Waals surface area contributed by atoms with Crippen LogP contribution >= 0.6 is 11.3 Å². The van der Waals surface area contributed by atoms with Crippen molar-refractivity contribution in [1.82, 2.24) is 10.2 Å². The number of aryl methyl sites for hydroxylation is 1. The first-order valence-corrected chi connectivity index (χ1v) is 7.14. The highest BCUT2D eigenvalue weighted by Gasteiger charge is 2.42. The first-order chi connectivity index (χ1) is 8.65. The number of thiophene rings is 1.